The van der Waals surface area contributed by atoms with Gasteiger partial charge in [-0.05, 0) is 37.6 Å². The lowest BCUT2D eigenvalue weighted by Crippen LogP contribution is -2.40. The first kappa shape index (κ1) is 19.1. The summed E-state index contributed by atoms with van der Waals surface area (Å²) in [7, 11) is 3.83. The number of likely N-dealkylation sites (N-methyl/N-ethyl adjacent to an activating group) is 1. The lowest BCUT2D eigenvalue weighted by atomic mass is 9.96. The number of nitrogens with zero attached hydrogens (tertiary/aromatic N) is 5. The van der Waals surface area contributed by atoms with E-state index in [-0.39, 0.29) is 11.8 Å². The van der Waals surface area contributed by atoms with E-state index in [1.54, 1.807) is 7.11 Å². The van der Waals surface area contributed by atoms with E-state index in [9.17, 15) is 4.79 Å². The number of hydrogen-bond acceptors (Lipinski definition) is 5. The van der Waals surface area contributed by atoms with Crippen molar-refractivity contribution in [3.8, 4) is 0 Å². The molecule has 0 unspecified atom stereocenters. The van der Waals surface area contributed by atoms with Gasteiger partial charge in [0.25, 0.3) is 5.91 Å². The number of ether oxygens (including phenoxy) is 1. The molecule has 2 aliphatic heterocycles. The van der Waals surface area contributed by atoms with Crippen LogP contribution in [0.3, 0.4) is 0 Å². The molecule has 28 heavy (non-hydrogen) atoms. The lowest BCUT2D eigenvalue weighted by Gasteiger charge is -2.32. The van der Waals surface area contributed by atoms with Crippen molar-refractivity contribution in [2.24, 2.45) is 0 Å². The maximum Gasteiger partial charge on any atom is 0.253 e. The normalized spacial score (nSPS) is 20.6. The Morgan fingerprint density at radius 2 is 1.96 bits per heavy atom. The zero-order valence-electron chi connectivity index (χ0n) is 16.8. The van der Waals surface area contributed by atoms with E-state index >= 15 is 0 Å². The highest BCUT2D eigenvalue weighted by molar-refractivity contribution is 5.94. The SMILES string of the molecule is COCc1ccc(C(=O)N2CCC[C@H](c3nnc4n3CCN(C)CC4)C2)cc1. The van der Waals surface area contributed by atoms with E-state index in [0.29, 0.717) is 13.2 Å². The van der Waals surface area contributed by atoms with Crippen molar-refractivity contribution in [3.05, 3.63) is 47.0 Å². The molecule has 0 aliphatic carbocycles. The molecule has 1 amide bonds. The van der Waals surface area contributed by atoms with E-state index < -0.39 is 0 Å². The van der Waals surface area contributed by atoms with Gasteiger partial charge in [-0.3, -0.25) is 4.79 Å². The Hall–Kier alpha value is -2.25. The van der Waals surface area contributed by atoms with Crippen LogP contribution in [0.5, 0.6) is 0 Å². The highest BCUT2D eigenvalue weighted by Crippen LogP contribution is 2.28. The van der Waals surface area contributed by atoms with Crippen LogP contribution in [0, 0.1) is 0 Å². The summed E-state index contributed by atoms with van der Waals surface area (Å²) in [5.41, 5.74) is 1.81. The maximum atomic E-state index is 13.0. The molecule has 0 N–H and O–H groups in total. The van der Waals surface area contributed by atoms with Crippen LogP contribution in [0.25, 0.3) is 0 Å². The number of carbonyl (C=O) groups is 1. The van der Waals surface area contributed by atoms with Gasteiger partial charge in [0.15, 0.2) is 0 Å². The van der Waals surface area contributed by atoms with Gasteiger partial charge in [0.1, 0.15) is 11.6 Å². The van der Waals surface area contributed by atoms with Crippen molar-refractivity contribution in [2.75, 3.05) is 40.3 Å². The molecule has 1 fully saturated rings. The number of fused-ring (bicyclic) bond motifs is 1. The number of aromatic nitrogens is 3. The summed E-state index contributed by atoms with van der Waals surface area (Å²) >= 11 is 0. The van der Waals surface area contributed by atoms with E-state index in [1.807, 2.05) is 29.2 Å². The number of piperidine rings is 1. The van der Waals surface area contributed by atoms with Crippen molar-refractivity contribution in [2.45, 2.75) is 38.3 Å². The zero-order valence-corrected chi connectivity index (χ0v) is 16.8. The second kappa shape index (κ2) is 8.41. The number of rotatable bonds is 4. The highest BCUT2D eigenvalue weighted by atomic mass is 16.5. The van der Waals surface area contributed by atoms with Gasteiger partial charge in [-0.2, -0.15) is 0 Å². The van der Waals surface area contributed by atoms with Gasteiger partial charge >= 0.3 is 0 Å². The number of amides is 1. The molecule has 7 nitrogen and oxygen atoms in total. The van der Waals surface area contributed by atoms with Gasteiger partial charge < -0.3 is 19.1 Å². The fourth-order valence-electron chi connectivity index (χ4n) is 4.22. The Morgan fingerprint density at radius 1 is 1.14 bits per heavy atom. The summed E-state index contributed by atoms with van der Waals surface area (Å²) in [6.07, 6.45) is 3.00. The second-order valence-corrected chi connectivity index (χ2v) is 7.90. The monoisotopic (exact) mass is 383 g/mol. The van der Waals surface area contributed by atoms with Crippen LogP contribution in [0.4, 0.5) is 0 Å². The number of carbonyl (C=O) groups excluding carboxylic acids is 1. The third-order valence-electron chi connectivity index (χ3n) is 5.86. The molecule has 0 spiro atoms. The smallest absolute Gasteiger partial charge is 0.253 e. The van der Waals surface area contributed by atoms with Crippen molar-refractivity contribution in [3.63, 3.8) is 0 Å². The van der Waals surface area contributed by atoms with Crippen LogP contribution in [-0.2, 0) is 24.3 Å². The van der Waals surface area contributed by atoms with Crippen molar-refractivity contribution >= 4 is 5.91 Å². The van der Waals surface area contributed by atoms with Crippen LogP contribution in [0.15, 0.2) is 24.3 Å². The average molecular weight is 383 g/mol. The average Bonchev–Trinajstić information content (AvgIpc) is 3.05. The standard InChI is InChI=1S/C21H29N5O2/c1-24-11-9-19-22-23-20(26(19)13-12-24)18-4-3-10-25(14-18)21(27)17-7-5-16(6-8-17)15-28-2/h5-8,18H,3-4,9-15H2,1-2H3/t18-/m0/s1. The highest BCUT2D eigenvalue weighted by Gasteiger charge is 2.30. The van der Waals surface area contributed by atoms with E-state index in [4.69, 9.17) is 4.74 Å². The Morgan fingerprint density at radius 3 is 2.75 bits per heavy atom. The van der Waals surface area contributed by atoms with E-state index in [2.05, 4.69) is 26.7 Å². The third-order valence-corrected chi connectivity index (χ3v) is 5.86. The van der Waals surface area contributed by atoms with Crippen LogP contribution in [0.1, 0.15) is 46.3 Å². The fraction of sp³-hybridized carbons (Fsp3) is 0.571. The lowest BCUT2D eigenvalue weighted by molar-refractivity contribution is 0.0703. The van der Waals surface area contributed by atoms with Gasteiger partial charge in [0.05, 0.1) is 6.61 Å². The summed E-state index contributed by atoms with van der Waals surface area (Å²) in [6.45, 7) is 5.05. The third kappa shape index (κ3) is 3.95. The molecule has 150 valence electrons. The molecule has 2 aromatic rings. The number of methoxy groups -OCH3 is 1. The van der Waals surface area contributed by atoms with Crippen molar-refractivity contribution in [1.29, 1.82) is 0 Å². The molecule has 2 aliphatic rings. The van der Waals surface area contributed by atoms with Gasteiger partial charge in [-0.15, -0.1) is 10.2 Å². The van der Waals surface area contributed by atoms with Gasteiger partial charge in [-0.25, -0.2) is 0 Å². The molecule has 0 radical (unpaired) electrons. The van der Waals surface area contributed by atoms with E-state index in [0.717, 1.165) is 68.2 Å². The second-order valence-electron chi connectivity index (χ2n) is 7.90. The molecule has 0 saturated carbocycles. The maximum absolute atomic E-state index is 13.0. The van der Waals surface area contributed by atoms with Crippen LogP contribution in [-0.4, -0.2) is 70.8 Å². The Labute approximate surface area is 166 Å². The topological polar surface area (TPSA) is 63.5 Å². The minimum Gasteiger partial charge on any atom is -0.380 e. The summed E-state index contributed by atoms with van der Waals surface area (Å²) in [6, 6.07) is 7.73. The minimum atomic E-state index is 0.101. The minimum absolute atomic E-state index is 0.101. The predicted molar refractivity (Wildman–Crippen MR) is 106 cm³/mol. The van der Waals surface area contributed by atoms with Gasteiger partial charge in [-0.1, -0.05) is 12.1 Å². The van der Waals surface area contributed by atoms with Crippen molar-refractivity contribution in [1.82, 2.24) is 24.6 Å². The molecule has 3 heterocycles. The molecular formula is C21H29N5O2. The quantitative estimate of drug-likeness (QED) is 0.807. The molecule has 1 atom stereocenters. The molecule has 4 rings (SSSR count). The van der Waals surface area contributed by atoms with Crippen molar-refractivity contribution < 1.29 is 9.53 Å². The predicted octanol–water partition coefficient (Wildman–Crippen LogP) is 1.93. The first-order valence-electron chi connectivity index (χ1n) is 10.1. The molecule has 0 bridgehead atoms. The van der Waals surface area contributed by atoms with Crippen LogP contribution >= 0.6 is 0 Å². The van der Waals surface area contributed by atoms with Gasteiger partial charge in [0, 0.05) is 57.7 Å². The summed E-state index contributed by atoms with van der Waals surface area (Å²) in [5, 5.41) is 8.98. The first-order chi connectivity index (χ1) is 13.7. The molecule has 1 saturated heterocycles. The first-order valence-corrected chi connectivity index (χ1v) is 10.1. The summed E-state index contributed by atoms with van der Waals surface area (Å²) < 4.78 is 7.44. The fourth-order valence-corrected chi connectivity index (χ4v) is 4.22. The number of hydrogen-bond donors (Lipinski definition) is 0. The zero-order chi connectivity index (χ0) is 19.5. The molecule has 7 heteroatoms. The number of likely N-dealkylation sites (tertiary alicyclic amines) is 1. The van der Waals surface area contributed by atoms with Gasteiger partial charge in [0.2, 0.25) is 0 Å². The van der Waals surface area contributed by atoms with E-state index in [1.165, 1.54) is 0 Å². The van der Waals surface area contributed by atoms with Crippen LogP contribution in [0.2, 0.25) is 0 Å². The molecule has 1 aromatic heterocycles. The van der Waals surface area contributed by atoms with Crippen LogP contribution < -0.4 is 0 Å². The largest absolute Gasteiger partial charge is 0.380 e. The Kier molecular flexibility index (Phi) is 5.73. The summed E-state index contributed by atoms with van der Waals surface area (Å²) in [5.74, 6) is 2.49. The summed E-state index contributed by atoms with van der Waals surface area (Å²) in [4.78, 5) is 17.3. The Bertz CT molecular complexity index is 817. The Balaban J connectivity index is 1.48. The molecular weight excluding hydrogens is 354 g/mol. The number of benzene rings is 1. The molecule has 1 aromatic carbocycles.